The molecule has 0 saturated heterocycles. The lowest BCUT2D eigenvalue weighted by molar-refractivity contribution is 1.07. The van der Waals surface area contributed by atoms with E-state index in [4.69, 9.17) is 0 Å². The van der Waals surface area contributed by atoms with Crippen molar-refractivity contribution in [2.75, 3.05) is 5.32 Å². The molecule has 4 nitrogen and oxygen atoms in total. The summed E-state index contributed by atoms with van der Waals surface area (Å²) in [4.78, 5) is 0. The van der Waals surface area contributed by atoms with Gasteiger partial charge < -0.3 is 5.32 Å². The Morgan fingerprint density at radius 1 is 0.720 bits per heavy atom. The van der Waals surface area contributed by atoms with Crippen molar-refractivity contribution in [3.8, 4) is 17.1 Å². The third-order valence-electron chi connectivity index (χ3n) is 4.02. The van der Waals surface area contributed by atoms with Gasteiger partial charge in [-0.3, -0.25) is 4.57 Å². The third-order valence-corrected chi connectivity index (χ3v) is 4.02. The summed E-state index contributed by atoms with van der Waals surface area (Å²) in [5.74, 6) is 1.50. The second kappa shape index (κ2) is 6.61. The number of hydrogen-bond acceptors (Lipinski definition) is 3. The summed E-state index contributed by atoms with van der Waals surface area (Å²) in [5.41, 5.74) is 4.24. The van der Waals surface area contributed by atoms with Crippen molar-refractivity contribution in [2.24, 2.45) is 0 Å². The molecule has 0 spiro atoms. The Labute approximate surface area is 146 Å². The molecule has 0 fully saturated rings. The summed E-state index contributed by atoms with van der Waals surface area (Å²) < 4.78 is 2.04. The molecular weight excluding hydrogens is 308 g/mol. The van der Waals surface area contributed by atoms with Gasteiger partial charge >= 0.3 is 0 Å². The zero-order valence-corrected chi connectivity index (χ0v) is 13.9. The maximum Gasteiger partial charge on any atom is 0.234 e. The van der Waals surface area contributed by atoms with Gasteiger partial charge in [0.05, 0.1) is 5.69 Å². The van der Waals surface area contributed by atoms with Crippen LogP contribution in [-0.4, -0.2) is 14.8 Å². The van der Waals surface area contributed by atoms with Crippen LogP contribution in [0.1, 0.15) is 5.56 Å². The van der Waals surface area contributed by atoms with Crippen molar-refractivity contribution in [3.05, 3.63) is 90.5 Å². The quantitative estimate of drug-likeness (QED) is 0.575. The molecule has 0 aliphatic carbocycles. The maximum atomic E-state index is 4.43. The molecule has 0 unspecified atom stereocenters. The van der Waals surface area contributed by atoms with E-state index >= 15 is 0 Å². The van der Waals surface area contributed by atoms with Gasteiger partial charge in [-0.1, -0.05) is 66.2 Å². The first-order valence-electron chi connectivity index (χ1n) is 8.21. The van der Waals surface area contributed by atoms with Crippen LogP contribution in [-0.2, 0) is 0 Å². The summed E-state index contributed by atoms with van der Waals surface area (Å²) in [6, 6.07) is 28.5. The molecule has 4 aromatic rings. The molecule has 122 valence electrons. The van der Waals surface area contributed by atoms with Crippen LogP contribution in [0, 0.1) is 6.92 Å². The molecule has 4 heteroatoms. The number of aryl methyl sites for hydroxylation is 1. The van der Waals surface area contributed by atoms with E-state index in [0.29, 0.717) is 5.95 Å². The van der Waals surface area contributed by atoms with E-state index in [1.807, 2.05) is 65.2 Å². The lowest BCUT2D eigenvalue weighted by Gasteiger charge is -2.12. The van der Waals surface area contributed by atoms with Gasteiger partial charge in [-0.05, 0) is 31.2 Å². The molecule has 0 aliphatic heterocycles. The fourth-order valence-corrected chi connectivity index (χ4v) is 2.73. The summed E-state index contributed by atoms with van der Waals surface area (Å²) in [5, 5.41) is 12.2. The van der Waals surface area contributed by atoms with Crippen molar-refractivity contribution in [3.63, 3.8) is 0 Å². The fourth-order valence-electron chi connectivity index (χ4n) is 2.73. The molecule has 1 N–H and O–H groups in total. The highest BCUT2D eigenvalue weighted by Crippen LogP contribution is 2.27. The van der Waals surface area contributed by atoms with Crippen molar-refractivity contribution < 1.29 is 0 Å². The fraction of sp³-hybridized carbons (Fsp3) is 0.0476. The smallest absolute Gasteiger partial charge is 0.234 e. The second-order valence-corrected chi connectivity index (χ2v) is 5.88. The van der Waals surface area contributed by atoms with Crippen LogP contribution >= 0.6 is 0 Å². The molecule has 0 aliphatic rings. The van der Waals surface area contributed by atoms with Gasteiger partial charge in [0.2, 0.25) is 5.95 Å². The van der Waals surface area contributed by atoms with E-state index in [2.05, 4.69) is 46.7 Å². The third kappa shape index (κ3) is 3.15. The summed E-state index contributed by atoms with van der Waals surface area (Å²) in [6.07, 6.45) is 0. The predicted octanol–water partition coefficient (Wildman–Crippen LogP) is 4.99. The SMILES string of the molecule is Cc1ccc(-n2c(Nc3ccccc3)nnc2-c2ccccc2)cc1. The zero-order valence-electron chi connectivity index (χ0n) is 13.9. The number of rotatable bonds is 4. The molecule has 0 radical (unpaired) electrons. The summed E-state index contributed by atoms with van der Waals surface area (Å²) in [6.45, 7) is 2.08. The normalized spacial score (nSPS) is 10.6. The van der Waals surface area contributed by atoms with E-state index in [0.717, 1.165) is 22.8 Å². The molecule has 1 heterocycles. The number of anilines is 2. The standard InChI is InChI=1S/C21H18N4/c1-16-12-14-19(15-13-16)25-20(17-8-4-2-5-9-17)23-24-21(25)22-18-10-6-3-7-11-18/h2-15H,1H3,(H,22,24). The van der Waals surface area contributed by atoms with E-state index in [1.165, 1.54) is 5.56 Å². The van der Waals surface area contributed by atoms with Crippen LogP contribution in [0.2, 0.25) is 0 Å². The number of aromatic nitrogens is 3. The average Bonchev–Trinajstić information content (AvgIpc) is 3.07. The number of nitrogens with one attached hydrogen (secondary N) is 1. The largest absolute Gasteiger partial charge is 0.324 e. The lowest BCUT2D eigenvalue weighted by atomic mass is 10.2. The van der Waals surface area contributed by atoms with Gasteiger partial charge in [0.15, 0.2) is 5.82 Å². The highest BCUT2D eigenvalue weighted by atomic mass is 15.4. The van der Waals surface area contributed by atoms with Gasteiger partial charge in [0, 0.05) is 11.3 Å². The predicted molar refractivity (Wildman–Crippen MR) is 101 cm³/mol. The minimum Gasteiger partial charge on any atom is -0.324 e. The first-order valence-corrected chi connectivity index (χ1v) is 8.21. The van der Waals surface area contributed by atoms with Gasteiger partial charge in [0.1, 0.15) is 0 Å². The molecule has 0 saturated carbocycles. The number of nitrogens with zero attached hydrogens (tertiary/aromatic N) is 3. The number of hydrogen-bond donors (Lipinski definition) is 1. The lowest BCUT2D eigenvalue weighted by Crippen LogP contribution is -2.03. The van der Waals surface area contributed by atoms with Crippen LogP contribution in [0.4, 0.5) is 11.6 Å². The topological polar surface area (TPSA) is 42.7 Å². The molecule has 0 atom stereocenters. The van der Waals surface area contributed by atoms with Gasteiger partial charge in [0.25, 0.3) is 0 Å². The van der Waals surface area contributed by atoms with Gasteiger partial charge in [-0.2, -0.15) is 0 Å². The first kappa shape index (κ1) is 15.1. The van der Waals surface area contributed by atoms with Crippen LogP contribution in [0.25, 0.3) is 17.1 Å². The van der Waals surface area contributed by atoms with Crippen molar-refractivity contribution >= 4 is 11.6 Å². The monoisotopic (exact) mass is 326 g/mol. The molecular formula is C21H18N4. The molecule has 0 bridgehead atoms. The van der Waals surface area contributed by atoms with Crippen molar-refractivity contribution in [1.29, 1.82) is 0 Å². The highest BCUT2D eigenvalue weighted by molar-refractivity contribution is 5.64. The first-order chi connectivity index (χ1) is 12.3. The van der Waals surface area contributed by atoms with Crippen LogP contribution in [0.3, 0.4) is 0 Å². The second-order valence-electron chi connectivity index (χ2n) is 5.88. The molecule has 4 rings (SSSR count). The van der Waals surface area contributed by atoms with Crippen molar-refractivity contribution in [2.45, 2.75) is 6.92 Å². The molecule has 25 heavy (non-hydrogen) atoms. The Bertz CT molecular complexity index is 958. The zero-order chi connectivity index (χ0) is 17.1. The summed E-state index contributed by atoms with van der Waals surface area (Å²) in [7, 11) is 0. The van der Waals surface area contributed by atoms with E-state index < -0.39 is 0 Å². The Morgan fingerprint density at radius 2 is 1.36 bits per heavy atom. The summed E-state index contributed by atoms with van der Waals surface area (Å²) >= 11 is 0. The van der Waals surface area contributed by atoms with Crippen LogP contribution in [0.15, 0.2) is 84.9 Å². The minimum absolute atomic E-state index is 0.689. The Kier molecular flexibility index (Phi) is 4.01. The Morgan fingerprint density at radius 3 is 2.04 bits per heavy atom. The van der Waals surface area contributed by atoms with Crippen molar-refractivity contribution in [1.82, 2.24) is 14.8 Å². The molecule has 0 amide bonds. The van der Waals surface area contributed by atoms with Crippen LogP contribution < -0.4 is 5.32 Å². The van der Waals surface area contributed by atoms with E-state index in [-0.39, 0.29) is 0 Å². The van der Waals surface area contributed by atoms with E-state index in [1.54, 1.807) is 0 Å². The average molecular weight is 326 g/mol. The highest BCUT2D eigenvalue weighted by Gasteiger charge is 2.15. The molecule has 1 aromatic heterocycles. The van der Waals surface area contributed by atoms with Gasteiger partial charge in [-0.25, -0.2) is 0 Å². The Hall–Kier alpha value is -3.40. The number of para-hydroxylation sites is 1. The van der Waals surface area contributed by atoms with Gasteiger partial charge in [-0.15, -0.1) is 10.2 Å². The van der Waals surface area contributed by atoms with E-state index in [9.17, 15) is 0 Å². The maximum absolute atomic E-state index is 4.43. The molecule has 3 aromatic carbocycles. The minimum atomic E-state index is 0.689. The van der Waals surface area contributed by atoms with Crippen LogP contribution in [0.5, 0.6) is 0 Å². The number of benzene rings is 3. The Balaban J connectivity index is 1.84.